The lowest BCUT2D eigenvalue weighted by Crippen LogP contribution is -2.43. The average molecular weight is 573 g/mol. The van der Waals surface area contributed by atoms with Crippen molar-refractivity contribution in [1.29, 1.82) is 0 Å². The van der Waals surface area contributed by atoms with Crippen LogP contribution in [0, 0.1) is 0 Å². The molecule has 9 heteroatoms. The van der Waals surface area contributed by atoms with E-state index in [1.165, 1.54) is 22.5 Å². The number of para-hydroxylation sites is 1. The van der Waals surface area contributed by atoms with E-state index in [0.717, 1.165) is 28.5 Å². The van der Waals surface area contributed by atoms with Gasteiger partial charge in [0, 0.05) is 41.8 Å². The number of halogens is 2. The highest BCUT2D eigenvalue weighted by molar-refractivity contribution is 7.89. The number of carbonyl (C=O) groups is 1. The van der Waals surface area contributed by atoms with Gasteiger partial charge in [0.1, 0.15) is 4.90 Å². The van der Waals surface area contributed by atoms with Gasteiger partial charge in [0.05, 0.1) is 11.6 Å². The van der Waals surface area contributed by atoms with Crippen LogP contribution in [0.3, 0.4) is 0 Å². The van der Waals surface area contributed by atoms with E-state index in [0.29, 0.717) is 25.9 Å². The Kier molecular flexibility index (Phi) is 9.49. The van der Waals surface area contributed by atoms with Crippen LogP contribution in [0.15, 0.2) is 83.9 Å². The van der Waals surface area contributed by atoms with Crippen LogP contribution in [0.4, 0.5) is 0 Å². The largest absolute Gasteiger partial charge is 0.361 e. The highest BCUT2D eigenvalue weighted by Crippen LogP contribution is 2.28. The first-order chi connectivity index (χ1) is 18.3. The first kappa shape index (κ1) is 28.2. The van der Waals surface area contributed by atoms with Crippen LogP contribution >= 0.6 is 23.2 Å². The van der Waals surface area contributed by atoms with E-state index in [1.807, 2.05) is 61.7 Å². The topological polar surface area (TPSA) is 73.5 Å². The third-order valence-corrected chi connectivity index (χ3v) is 9.04. The van der Waals surface area contributed by atoms with Gasteiger partial charge in [-0.25, -0.2) is 8.42 Å². The standard InChI is InChI=1S/C29H31Cl2N3O3S/c1-2-3-16-34(38(36,37)28-18-24(30)13-14-26(28)31)21-29(35)33(20-22-9-5-4-6-10-22)17-15-23-19-32-27-12-8-7-11-25(23)27/h4-14,18-19,32H,2-3,15-17,20-21H2,1H3. The quantitative estimate of drug-likeness (QED) is 0.210. The van der Waals surface area contributed by atoms with Crippen LogP contribution in [0.1, 0.15) is 30.9 Å². The zero-order valence-electron chi connectivity index (χ0n) is 21.2. The fraction of sp³-hybridized carbons (Fsp3) is 0.276. The van der Waals surface area contributed by atoms with Gasteiger partial charge in [0.15, 0.2) is 0 Å². The number of hydrogen-bond acceptors (Lipinski definition) is 3. The minimum Gasteiger partial charge on any atom is -0.361 e. The molecule has 4 aromatic rings. The first-order valence-corrected chi connectivity index (χ1v) is 14.8. The summed E-state index contributed by atoms with van der Waals surface area (Å²) in [5.74, 6) is -0.272. The Morgan fingerprint density at radius 3 is 2.45 bits per heavy atom. The summed E-state index contributed by atoms with van der Waals surface area (Å²) in [5, 5.41) is 1.45. The smallest absolute Gasteiger partial charge is 0.245 e. The van der Waals surface area contributed by atoms with Crippen molar-refractivity contribution in [1.82, 2.24) is 14.2 Å². The molecule has 0 atom stereocenters. The van der Waals surface area contributed by atoms with E-state index in [4.69, 9.17) is 23.2 Å². The minimum atomic E-state index is -4.05. The number of benzene rings is 3. The van der Waals surface area contributed by atoms with Gasteiger partial charge in [0.25, 0.3) is 0 Å². The fourth-order valence-electron chi connectivity index (χ4n) is 4.37. The molecule has 0 spiro atoms. The number of carbonyl (C=O) groups excluding carboxylic acids is 1. The Labute approximate surface area is 234 Å². The van der Waals surface area contributed by atoms with Crippen LogP contribution in [0.2, 0.25) is 10.0 Å². The lowest BCUT2D eigenvalue weighted by atomic mass is 10.1. The Hall–Kier alpha value is -2.84. The van der Waals surface area contributed by atoms with Gasteiger partial charge in [-0.15, -0.1) is 0 Å². The first-order valence-electron chi connectivity index (χ1n) is 12.6. The van der Waals surface area contributed by atoms with Crippen molar-refractivity contribution in [3.8, 4) is 0 Å². The third-order valence-electron chi connectivity index (χ3n) is 6.48. The van der Waals surface area contributed by atoms with Crippen molar-refractivity contribution in [3.63, 3.8) is 0 Å². The van der Waals surface area contributed by atoms with Crippen molar-refractivity contribution in [2.75, 3.05) is 19.6 Å². The molecule has 1 heterocycles. The van der Waals surface area contributed by atoms with E-state index in [2.05, 4.69) is 11.1 Å². The number of aromatic nitrogens is 1. The zero-order valence-corrected chi connectivity index (χ0v) is 23.6. The summed E-state index contributed by atoms with van der Waals surface area (Å²) >= 11 is 12.3. The molecule has 0 aliphatic heterocycles. The molecule has 1 N–H and O–H groups in total. The summed E-state index contributed by atoms with van der Waals surface area (Å²) in [6.07, 6.45) is 3.98. The molecule has 0 saturated heterocycles. The van der Waals surface area contributed by atoms with Crippen LogP contribution in [-0.4, -0.2) is 48.1 Å². The predicted molar refractivity (Wildman–Crippen MR) is 154 cm³/mol. The molecule has 3 aromatic carbocycles. The molecule has 0 unspecified atom stereocenters. The molecule has 0 saturated carbocycles. The van der Waals surface area contributed by atoms with Crippen molar-refractivity contribution in [2.24, 2.45) is 0 Å². The van der Waals surface area contributed by atoms with Gasteiger partial charge < -0.3 is 9.88 Å². The molecule has 0 radical (unpaired) electrons. The van der Waals surface area contributed by atoms with Gasteiger partial charge in [-0.2, -0.15) is 4.31 Å². The number of rotatable bonds is 12. The van der Waals surface area contributed by atoms with Crippen LogP contribution < -0.4 is 0 Å². The number of sulfonamides is 1. The highest BCUT2D eigenvalue weighted by Gasteiger charge is 2.30. The maximum atomic E-state index is 13.7. The molecule has 200 valence electrons. The molecular formula is C29H31Cl2N3O3S. The fourth-order valence-corrected chi connectivity index (χ4v) is 6.54. The van der Waals surface area contributed by atoms with E-state index in [1.54, 1.807) is 4.90 Å². The zero-order chi connectivity index (χ0) is 27.1. The predicted octanol–water partition coefficient (Wildman–Crippen LogP) is 6.54. The molecule has 4 rings (SSSR count). The molecular weight excluding hydrogens is 541 g/mol. The Morgan fingerprint density at radius 2 is 1.68 bits per heavy atom. The molecule has 1 aromatic heterocycles. The number of nitrogens with one attached hydrogen (secondary N) is 1. The molecule has 0 bridgehead atoms. The third kappa shape index (κ3) is 6.77. The van der Waals surface area contributed by atoms with Gasteiger partial charge in [0.2, 0.25) is 15.9 Å². The molecule has 6 nitrogen and oxygen atoms in total. The molecule has 0 aliphatic rings. The summed E-state index contributed by atoms with van der Waals surface area (Å²) in [7, 11) is -4.05. The maximum absolute atomic E-state index is 13.7. The lowest BCUT2D eigenvalue weighted by molar-refractivity contribution is -0.132. The summed E-state index contributed by atoms with van der Waals surface area (Å²) in [4.78, 5) is 18.6. The number of fused-ring (bicyclic) bond motifs is 1. The monoisotopic (exact) mass is 571 g/mol. The number of hydrogen-bond donors (Lipinski definition) is 1. The van der Waals surface area contributed by atoms with Gasteiger partial charge in [-0.1, -0.05) is 85.1 Å². The second-order valence-corrected chi connectivity index (χ2v) is 11.9. The van der Waals surface area contributed by atoms with Crippen molar-refractivity contribution < 1.29 is 13.2 Å². The summed E-state index contributed by atoms with van der Waals surface area (Å²) < 4.78 is 28.5. The average Bonchev–Trinajstić information content (AvgIpc) is 3.33. The minimum absolute atomic E-state index is 0.0730. The summed E-state index contributed by atoms with van der Waals surface area (Å²) in [6, 6.07) is 22.1. The molecule has 1 amide bonds. The second-order valence-electron chi connectivity index (χ2n) is 9.18. The number of nitrogens with zero attached hydrogens (tertiary/aromatic N) is 2. The molecule has 38 heavy (non-hydrogen) atoms. The van der Waals surface area contributed by atoms with Gasteiger partial charge >= 0.3 is 0 Å². The highest BCUT2D eigenvalue weighted by atomic mass is 35.5. The van der Waals surface area contributed by atoms with Crippen molar-refractivity contribution >= 4 is 50.0 Å². The van der Waals surface area contributed by atoms with E-state index in [9.17, 15) is 13.2 Å². The van der Waals surface area contributed by atoms with E-state index >= 15 is 0 Å². The number of aromatic amines is 1. The molecule has 0 aliphatic carbocycles. The summed E-state index contributed by atoms with van der Waals surface area (Å²) in [6.45, 7) is 2.71. The van der Waals surface area contributed by atoms with E-state index < -0.39 is 10.0 Å². The van der Waals surface area contributed by atoms with Crippen LogP contribution in [0.5, 0.6) is 0 Å². The van der Waals surface area contributed by atoms with Crippen molar-refractivity contribution in [3.05, 3.63) is 100 Å². The SMILES string of the molecule is CCCCN(CC(=O)N(CCc1c[nH]c2ccccc12)Cc1ccccc1)S(=O)(=O)c1cc(Cl)ccc1Cl. The number of H-pyrrole nitrogens is 1. The number of unbranched alkanes of at least 4 members (excludes halogenated alkanes) is 1. The Bertz CT molecular complexity index is 1490. The van der Waals surface area contributed by atoms with Crippen LogP contribution in [0.25, 0.3) is 10.9 Å². The summed E-state index contributed by atoms with van der Waals surface area (Å²) in [5.41, 5.74) is 3.12. The normalized spacial score (nSPS) is 11.8. The van der Waals surface area contributed by atoms with Gasteiger partial charge in [-0.05, 0) is 48.2 Å². The Morgan fingerprint density at radius 1 is 0.947 bits per heavy atom. The Balaban J connectivity index is 1.59. The van der Waals surface area contributed by atoms with Crippen molar-refractivity contribution in [2.45, 2.75) is 37.6 Å². The second kappa shape index (κ2) is 12.8. The number of amides is 1. The maximum Gasteiger partial charge on any atom is 0.245 e. The lowest BCUT2D eigenvalue weighted by Gasteiger charge is -2.28. The van der Waals surface area contributed by atoms with Crippen LogP contribution in [-0.2, 0) is 27.8 Å². The van der Waals surface area contributed by atoms with E-state index in [-0.39, 0.29) is 33.9 Å². The molecule has 0 fully saturated rings. The van der Waals surface area contributed by atoms with Gasteiger partial charge in [-0.3, -0.25) is 4.79 Å².